The molecule has 38 heavy (non-hydrogen) atoms. The summed E-state index contributed by atoms with van der Waals surface area (Å²) in [6.45, 7) is 14.2. The average Bonchev–Trinajstić information content (AvgIpc) is 3.44. The van der Waals surface area contributed by atoms with Gasteiger partial charge in [0.2, 0.25) is 5.91 Å². The number of likely N-dealkylation sites (tertiary alicyclic amines) is 1. The van der Waals surface area contributed by atoms with Crippen LogP contribution < -0.4 is 10.1 Å². The summed E-state index contributed by atoms with van der Waals surface area (Å²) in [5, 5.41) is 7.83. The first-order valence-electron chi connectivity index (χ1n) is 13.8. The molecule has 0 radical (unpaired) electrons. The number of methoxy groups -OCH3 is 1. The van der Waals surface area contributed by atoms with E-state index in [1.165, 1.54) is 25.9 Å². The zero-order valence-corrected chi connectivity index (χ0v) is 24.9. The highest BCUT2D eigenvalue weighted by molar-refractivity contribution is 7.90. The number of amides is 1. The molecule has 1 aliphatic carbocycles. The summed E-state index contributed by atoms with van der Waals surface area (Å²) in [5.74, 6) is 0.399. The highest BCUT2D eigenvalue weighted by atomic mass is 32.2. The Kier molecular flexibility index (Phi) is 8.28. The second kappa shape index (κ2) is 11.0. The Morgan fingerprint density at radius 3 is 2.32 bits per heavy atom. The number of carbonyl (C=O) groups excluding carboxylic acids is 1. The molecule has 2 atom stereocenters. The quantitative estimate of drug-likeness (QED) is 0.534. The molecular weight excluding hydrogens is 500 g/mol. The largest absolute Gasteiger partial charge is 0.497 e. The highest BCUT2D eigenvalue weighted by Crippen LogP contribution is 2.39. The second-order valence-corrected chi connectivity index (χ2v) is 13.9. The molecule has 1 saturated carbocycles. The van der Waals surface area contributed by atoms with Gasteiger partial charge < -0.3 is 15.0 Å². The Hall–Kier alpha value is -2.39. The van der Waals surface area contributed by atoms with E-state index in [4.69, 9.17) is 4.74 Å². The van der Waals surface area contributed by atoms with Crippen molar-refractivity contribution in [3.05, 3.63) is 40.2 Å². The average molecular weight is 545 g/mol. The third-order valence-corrected chi connectivity index (χ3v) is 10.6. The molecule has 2 aromatic rings. The van der Waals surface area contributed by atoms with E-state index in [0.717, 1.165) is 19.3 Å². The molecule has 9 heteroatoms. The number of rotatable bonds is 8. The number of aromatic nitrogens is 2. The monoisotopic (exact) mass is 544 g/mol. The Labute approximate surface area is 228 Å². The standard InChI is InChI=1S/C29H44N4O4S/c1-19-14-24(37-7)15-20(2)28(19)38(35,36)18-25-21(3)31-33(22(25)4)17-27(34)30-26-11-10-23(16-29(26,5)6)32-12-8-9-13-32/h14-15,23,26H,8-13,16-18H2,1-7H3,(H,30,34). The van der Waals surface area contributed by atoms with Crippen molar-refractivity contribution in [2.24, 2.45) is 5.41 Å². The van der Waals surface area contributed by atoms with E-state index in [1.54, 1.807) is 37.8 Å². The molecule has 1 amide bonds. The number of aryl methyl sites for hydroxylation is 3. The van der Waals surface area contributed by atoms with Gasteiger partial charge in [-0.1, -0.05) is 13.8 Å². The fourth-order valence-electron chi connectivity index (χ4n) is 6.54. The number of ether oxygens (including phenoxy) is 1. The topological polar surface area (TPSA) is 93.5 Å². The van der Waals surface area contributed by atoms with Crippen molar-refractivity contribution in [3.63, 3.8) is 0 Å². The van der Waals surface area contributed by atoms with E-state index in [2.05, 4.69) is 29.2 Å². The summed E-state index contributed by atoms with van der Waals surface area (Å²) >= 11 is 0. The number of nitrogens with one attached hydrogen (secondary N) is 1. The van der Waals surface area contributed by atoms with Gasteiger partial charge in [-0.3, -0.25) is 9.48 Å². The lowest BCUT2D eigenvalue weighted by molar-refractivity contribution is -0.124. The lowest BCUT2D eigenvalue weighted by Gasteiger charge is -2.45. The molecule has 1 aliphatic heterocycles. The Bertz CT molecular complexity index is 1270. The second-order valence-electron chi connectivity index (χ2n) is 11.9. The summed E-state index contributed by atoms with van der Waals surface area (Å²) in [5.41, 5.74) is 3.33. The van der Waals surface area contributed by atoms with Gasteiger partial charge in [0.15, 0.2) is 9.84 Å². The van der Waals surface area contributed by atoms with Crippen LogP contribution in [0.25, 0.3) is 0 Å². The van der Waals surface area contributed by atoms with Crippen LogP contribution in [-0.2, 0) is 26.9 Å². The first kappa shape index (κ1) is 28.6. The zero-order valence-electron chi connectivity index (χ0n) is 24.1. The van der Waals surface area contributed by atoms with Crippen molar-refractivity contribution in [2.75, 3.05) is 20.2 Å². The number of sulfone groups is 1. The zero-order chi connectivity index (χ0) is 27.8. The third-order valence-electron chi connectivity index (χ3n) is 8.63. The van der Waals surface area contributed by atoms with Crippen LogP contribution in [0.3, 0.4) is 0 Å². The Balaban J connectivity index is 1.44. The van der Waals surface area contributed by atoms with Crippen LogP contribution in [0.15, 0.2) is 17.0 Å². The number of hydrogen-bond donors (Lipinski definition) is 1. The van der Waals surface area contributed by atoms with Gasteiger partial charge in [-0.15, -0.1) is 0 Å². The van der Waals surface area contributed by atoms with Gasteiger partial charge in [-0.05, 0) is 102 Å². The van der Waals surface area contributed by atoms with Crippen molar-refractivity contribution >= 4 is 15.7 Å². The van der Waals surface area contributed by atoms with Gasteiger partial charge >= 0.3 is 0 Å². The minimum absolute atomic E-state index is 0.0174. The predicted molar refractivity (Wildman–Crippen MR) is 149 cm³/mol. The smallest absolute Gasteiger partial charge is 0.241 e. The van der Waals surface area contributed by atoms with Crippen molar-refractivity contribution < 1.29 is 17.9 Å². The van der Waals surface area contributed by atoms with Crippen molar-refractivity contribution in [2.45, 2.75) is 103 Å². The minimum atomic E-state index is -3.62. The van der Waals surface area contributed by atoms with E-state index in [1.807, 2.05) is 13.8 Å². The number of benzene rings is 1. The molecule has 1 aromatic carbocycles. The summed E-state index contributed by atoms with van der Waals surface area (Å²) in [7, 11) is -2.05. The summed E-state index contributed by atoms with van der Waals surface area (Å²) in [6, 6.07) is 4.21. The van der Waals surface area contributed by atoms with Crippen LogP contribution in [0.1, 0.15) is 74.0 Å². The lowest BCUT2D eigenvalue weighted by Crippen LogP contribution is -2.53. The molecule has 0 bridgehead atoms. The molecule has 4 rings (SSSR count). The maximum absolute atomic E-state index is 13.5. The van der Waals surface area contributed by atoms with Crippen LogP contribution in [0, 0.1) is 33.1 Å². The molecular formula is C29H44N4O4S. The molecule has 1 saturated heterocycles. The molecule has 8 nitrogen and oxygen atoms in total. The van der Waals surface area contributed by atoms with Gasteiger partial charge in [0.1, 0.15) is 12.3 Å². The first-order valence-corrected chi connectivity index (χ1v) is 15.4. The molecule has 210 valence electrons. The van der Waals surface area contributed by atoms with E-state index in [-0.39, 0.29) is 29.7 Å². The normalized spacial score (nSPS) is 22.0. The van der Waals surface area contributed by atoms with Gasteiger partial charge in [0.05, 0.1) is 23.5 Å². The van der Waals surface area contributed by atoms with Crippen LogP contribution in [0.2, 0.25) is 0 Å². The fraction of sp³-hybridized carbons (Fsp3) is 0.655. The SMILES string of the molecule is COc1cc(C)c(S(=O)(=O)Cc2c(C)nn(CC(=O)NC3CCC(N4CCCC4)CC3(C)C)c2C)c(C)c1. The molecule has 2 heterocycles. The van der Waals surface area contributed by atoms with E-state index in [9.17, 15) is 13.2 Å². The van der Waals surface area contributed by atoms with Crippen LogP contribution in [0.4, 0.5) is 0 Å². The summed E-state index contributed by atoms with van der Waals surface area (Å²) < 4.78 is 33.9. The van der Waals surface area contributed by atoms with Gasteiger partial charge in [-0.25, -0.2) is 8.42 Å². The van der Waals surface area contributed by atoms with Crippen molar-refractivity contribution in [3.8, 4) is 5.75 Å². The van der Waals surface area contributed by atoms with Gasteiger partial charge in [-0.2, -0.15) is 5.10 Å². The maximum Gasteiger partial charge on any atom is 0.241 e. The van der Waals surface area contributed by atoms with Crippen molar-refractivity contribution in [1.82, 2.24) is 20.0 Å². The molecule has 1 aromatic heterocycles. The number of nitrogens with zero attached hydrogens (tertiary/aromatic N) is 3. The van der Waals surface area contributed by atoms with Crippen molar-refractivity contribution in [1.29, 1.82) is 0 Å². The fourth-order valence-corrected chi connectivity index (χ4v) is 8.58. The Morgan fingerprint density at radius 2 is 1.74 bits per heavy atom. The molecule has 0 spiro atoms. The van der Waals surface area contributed by atoms with E-state index >= 15 is 0 Å². The number of hydrogen-bond acceptors (Lipinski definition) is 6. The first-order chi connectivity index (χ1) is 17.8. The summed E-state index contributed by atoms with van der Waals surface area (Å²) in [6.07, 6.45) is 5.76. The molecule has 2 fully saturated rings. The Morgan fingerprint density at radius 1 is 1.11 bits per heavy atom. The lowest BCUT2D eigenvalue weighted by atomic mass is 9.70. The predicted octanol–water partition coefficient (Wildman–Crippen LogP) is 4.26. The van der Waals surface area contributed by atoms with Gasteiger partial charge in [0, 0.05) is 23.3 Å². The van der Waals surface area contributed by atoms with Crippen LogP contribution in [-0.4, -0.2) is 61.3 Å². The molecule has 2 unspecified atom stereocenters. The highest BCUT2D eigenvalue weighted by Gasteiger charge is 2.40. The van der Waals surface area contributed by atoms with Gasteiger partial charge in [0.25, 0.3) is 0 Å². The van der Waals surface area contributed by atoms with Crippen LogP contribution >= 0.6 is 0 Å². The van der Waals surface area contributed by atoms with E-state index < -0.39 is 9.84 Å². The molecule has 1 N–H and O–H groups in total. The van der Waals surface area contributed by atoms with Crippen LogP contribution in [0.5, 0.6) is 5.75 Å². The van der Waals surface area contributed by atoms with E-state index in [0.29, 0.717) is 44.8 Å². The maximum atomic E-state index is 13.5. The number of carbonyl (C=O) groups is 1. The molecule has 2 aliphatic rings. The minimum Gasteiger partial charge on any atom is -0.497 e. The third kappa shape index (κ3) is 5.93. The summed E-state index contributed by atoms with van der Waals surface area (Å²) in [4.78, 5) is 16.1.